The molecule has 0 fully saturated rings. The van der Waals surface area contributed by atoms with Crippen LogP contribution in [0.2, 0.25) is 0 Å². The van der Waals surface area contributed by atoms with E-state index in [9.17, 15) is 9.13 Å². The molecule has 0 aliphatic rings. The van der Waals surface area contributed by atoms with E-state index in [1.165, 1.54) is 0 Å². The van der Waals surface area contributed by atoms with Crippen LogP contribution in [0.5, 0.6) is 0 Å². The molecule has 0 unspecified atom stereocenters. The van der Waals surface area contributed by atoms with Crippen molar-refractivity contribution in [3.8, 4) is 0 Å². The van der Waals surface area contributed by atoms with Gasteiger partial charge in [0, 0.05) is 37.1 Å². The summed E-state index contributed by atoms with van der Waals surface area (Å²) in [4.78, 5) is 31.0. The molecule has 13 heteroatoms. The van der Waals surface area contributed by atoms with Crippen molar-refractivity contribution in [1.82, 2.24) is 0 Å². The van der Waals surface area contributed by atoms with Gasteiger partial charge in [0.2, 0.25) is 0 Å². The third-order valence-electron chi connectivity index (χ3n) is 0.213. The van der Waals surface area contributed by atoms with Crippen LogP contribution >= 0.6 is 15.6 Å². The first kappa shape index (κ1) is 29.3. The van der Waals surface area contributed by atoms with Gasteiger partial charge >= 0.3 is 15.6 Å². The zero-order chi connectivity index (χ0) is 7.71. The minimum atomic E-state index is -5.05. The molecule has 0 saturated carbocycles. The summed E-state index contributed by atoms with van der Waals surface area (Å²) in [7, 11) is -10.1. The molecule has 0 atom stereocenters. The number of hydrogen-bond donors (Lipinski definition) is 4. The first-order valence-corrected chi connectivity index (χ1v) is 4.59. The molecule has 2 radical (unpaired) electrons. The third-order valence-corrected chi connectivity index (χ3v) is 1.91. The summed E-state index contributed by atoms with van der Waals surface area (Å²) in [5, 5.41) is 0. The Labute approximate surface area is 96.7 Å². The van der Waals surface area contributed by atoms with Crippen molar-refractivity contribution in [3.63, 3.8) is 0 Å². The normalized spacial score (nSPS) is 9.54. The monoisotopic (exact) mass is 316 g/mol. The molecule has 8 N–H and O–H groups in total. The first-order chi connectivity index (χ1) is 3.71. The number of phosphoric acid groups is 2. The molecular weight excluding hydrogens is 308 g/mol. The molecule has 0 aromatic rings. The topological polar surface area (TPSA) is 187 Å². The van der Waals surface area contributed by atoms with E-state index in [0.29, 0.717) is 0 Å². The predicted molar refractivity (Wildman–Crippen MR) is 32.4 cm³/mol. The van der Waals surface area contributed by atoms with E-state index in [1.807, 2.05) is 0 Å². The molecule has 9 nitrogen and oxygen atoms in total. The molecule has 0 bridgehead atoms. The fourth-order valence-corrected chi connectivity index (χ4v) is 1.25. The zero-order valence-electron chi connectivity index (χ0n) is 5.80. The van der Waals surface area contributed by atoms with Crippen molar-refractivity contribution in [2.75, 3.05) is 0 Å². The van der Waals surface area contributed by atoms with E-state index in [-0.39, 0.29) is 48.1 Å². The Balaban J connectivity index is -0.0000000533. The van der Waals surface area contributed by atoms with E-state index in [4.69, 9.17) is 19.6 Å². The van der Waals surface area contributed by atoms with Gasteiger partial charge < -0.3 is 30.5 Å². The summed E-state index contributed by atoms with van der Waals surface area (Å²) in [5.74, 6) is 0. The summed E-state index contributed by atoms with van der Waals surface area (Å²) in [6.07, 6.45) is 0. The van der Waals surface area contributed by atoms with E-state index in [1.54, 1.807) is 0 Å². The SMILES string of the molecule is O.O.O=P(O)(O)OP(=O)(O)O.[V].[V]. The van der Waals surface area contributed by atoms with Crippen LogP contribution in [0, 0.1) is 0 Å². The fraction of sp³-hybridized carbons (Fsp3) is 0. The van der Waals surface area contributed by atoms with Crippen LogP contribution in [0.3, 0.4) is 0 Å². The molecule has 0 aliphatic heterocycles. The van der Waals surface area contributed by atoms with Gasteiger partial charge in [0.1, 0.15) is 0 Å². The Kier molecular flexibility index (Phi) is 22.2. The summed E-state index contributed by atoms with van der Waals surface area (Å²) in [5.41, 5.74) is 0. The van der Waals surface area contributed by atoms with Gasteiger partial charge in [-0.2, -0.15) is 4.31 Å². The molecule has 0 aromatic carbocycles. The largest absolute Gasteiger partial charge is 0.478 e. The van der Waals surface area contributed by atoms with E-state index < -0.39 is 15.6 Å². The maximum absolute atomic E-state index is 9.63. The van der Waals surface area contributed by atoms with Crippen molar-refractivity contribution in [2.24, 2.45) is 0 Å². The Bertz CT molecular complexity index is 156. The number of hydrogen-bond acceptors (Lipinski definition) is 3. The van der Waals surface area contributed by atoms with Crippen molar-refractivity contribution in [3.05, 3.63) is 0 Å². The summed E-state index contributed by atoms with van der Waals surface area (Å²) >= 11 is 0. The minimum Gasteiger partial charge on any atom is -0.412 e. The van der Waals surface area contributed by atoms with E-state index in [2.05, 4.69) is 4.31 Å². The average Bonchev–Trinajstić information content (AvgIpc) is 1.14. The third kappa shape index (κ3) is 31.8. The maximum Gasteiger partial charge on any atom is 0.478 e. The summed E-state index contributed by atoms with van der Waals surface area (Å²) in [6.45, 7) is 0. The Morgan fingerprint density at radius 3 is 0.923 bits per heavy atom. The van der Waals surface area contributed by atoms with Crippen LogP contribution in [0.25, 0.3) is 0 Å². The van der Waals surface area contributed by atoms with Crippen LogP contribution in [-0.4, -0.2) is 30.5 Å². The molecule has 0 aromatic heterocycles. The molecule has 0 spiro atoms. The molecular formula is H8O9P2V2. The van der Waals surface area contributed by atoms with Crippen molar-refractivity contribution in [1.29, 1.82) is 0 Å². The quantitative estimate of drug-likeness (QED) is 0.406. The zero-order valence-corrected chi connectivity index (χ0v) is 10.4. The fourth-order valence-electron chi connectivity index (χ4n) is 0.139. The van der Waals surface area contributed by atoms with Crippen LogP contribution in [0.15, 0.2) is 0 Å². The van der Waals surface area contributed by atoms with Crippen molar-refractivity contribution < 1.29 is 81.1 Å². The summed E-state index contributed by atoms with van der Waals surface area (Å²) in [6, 6.07) is 0. The van der Waals surface area contributed by atoms with E-state index >= 15 is 0 Å². The second-order valence-corrected chi connectivity index (χ2v) is 3.68. The molecule has 0 amide bonds. The average molecular weight is 316 g/mol. The van der Waals surface area contributed by atoms with Gasteiger partial charge in [-0.3, -0.25) is 0 Å². The van der Waals surface area contributed by atoms with Gasteiger partial charge in [-0.15, -0.1) is 0 Å². The number of rotatable bonds is 2. The molecule has 0 saturated heterocycles. The van der Waals surface area contributed by atoms with Gasteiger partial charge in [-0.05, 0) is 0 Å². The second-order valence-electron chi connectivity index (χ2n) is 1.06. The molecule has 13 heavy (non-hydrogen) atoms. The van der Waals surface area contributed by atoms with Crippen LogP contribution in [0.4, 0.5) is 0 Å². The Morgan fingerprint density at radius 1 is 0.769 bits per heavy atom. The Hall–Kier alpha value is 1.35. The Morgan fingerprint density at radius 2 is 0.923 bits per heavy atom. The van der Waals surface area contributed by atoms with Crippen LogP contribution in [-0.2, 0) is 50.6 Å². The van der Waals surface area contributed by atoms with Gasteiger partial charge in [0.05, 0.1) is 0 Å². The first-order valence-electron chi connectivity index (χ1n) is 1.53. The predicted octanol–water partition coefficient (Wildman–Crippen LogP) is -2.47. The smallest absolute Gasteiger partial charge is 0.412 e. The van der Waals surface area contributed by atoms with Gasteiger partial charge in [0.15, 0.2) is 0 Å². The van der Waals surface area contributed by atoms with Gasteiger partial charge in [-0.1, -0.05) is 0 Å². The molecule has 0 aliphatic carbocycles. The summed E-state index contributed by atoms with van der Waals surface area (Å²) < 4.78 is 22.2. The molecule has 0 rings (SSSR count). The second kappa shape index (κ2) is 9.89. The van der Waals surface area contributed by atoms with Crippen LogP contribution in [0.1, 0.15) is 0 Å². The molecule has 0 heterocycles. The van der Waals surface area contributed by atoms with E-state index in [0.717, 1.165) is 0 Å². The van der Waals surface area contributed by atoms with Gasteiger partial charge in [0.25, 0.3) is 0 Å². The van der Waals surface area contributed by atoms with Crippen LogP contribution < -0.4 is 0 Å². The van der Waals surface area contributed by atoms with Crippen molar-refractivity contribution in [2.45, 2.75) is 0 Å². The van der Waals surface area contributed by atoms with Gasteiger partial charge in [-0.25, -0.2) is 9.13 Å². The maximum atomic E-state index is 9.63. The standard InChI is InChI=1S/H4O7P2.2H2O.2V/c1-8(2,3)7-9(4,5)6;;;;/h(H2,1,2,3)(H2,4,5,6);2*1H2;;. The minimum absolute atomic E-state index is 0. The van der Waals surface area contributed by atoms with Crippen molar-refractivity contribution >= 4 is 15.6 Å². The molecule has 82 valence electrons.